The Kier molecular flexibility index (Phi) is 2.22. The molecule has 0 aromatic heterocycles. The van der Waals surface area contributed by atoms with Crippen LogP contribution in [0.2, 0.25) is 0 Å². The van der Waals surface area contributed by atoms with E-state index in [2.05, 4.69) is 0 Å². The molecule has 0 saturated carbocycles. The van der Waals surface area contributed by atoms with Gasteiger partial charge in [-0.25, -0.2) is 0 Å². The fraction of sp³-hybridized carbons (Fsp3) is 0.400. The summed E-state index contributed by atoms with van der Waals surface area (Å²) in [5, 5.41) is 10.5. The molecule has 2 rings (SSSR count). The molecule has 0 fully saturated rings. The van der Waals surface area contributed by atoms with Crippen LogP contribution in [-0.2, 0) is 0 Å². The average Bonchev–Trinajstić information content (AvgIpc) is 2.19. The molecule has 1 aromatic carbocycles. The standard InChI is InChI=1S/C10H11NO4/c1-6-7(2)15-10-5-8(11(12)13)3-4-9(10)14-6/h3-7H,1-2H3. The molecule has 1 aliphatic rings. The third-order valence-corrected chi connectivity index (χ3v) is 2.42. The number of hydrogen-bond acceptors (Lipinski definition) is 4. The number of ether oxygens (including phenoxy) is 2. The summed E-state index contributed by atoms with van der Waals surface area (Å²) in [7, 11) is 0. The van der Waals surface area contributed by atoms with Crippen LogP contribution in [0.25, 0.3) is 0 Å². The fourth-order valence-electron chi connectivity index (χ4n) is 1.39. The van der Waals surface area contributed by atoms with Crippen LogP contribution in [0, 0.1) is 10.1 Å². The first-order valence-corrected chi connectivity index (χ1v) is 4.69. The van der Waals surface area contributed by atoms with E-state index in [0.717, 1.165) is 0 Å². The molecule has 0 spiro atoms. The summed E-state index contributed by atoms with van der Waals surface area (Å²) in [4.78, 5) is 10.1. The predicted molar refractivity (Wildman–Crippen MR) is 53.3 cm³/mol. The molecule has 2 atom stereocenters. The SMILES string of the molecule is CC1Oc2ccc([N+](=O)[O-])cc2OC1C. The first-order chi connectivity index (χ1) is 7.08. The Bertz CT molecular complexity index is 404. The third kappa shape index (κ3) is 1.72. The van der Waals surface area contributed by atoms with Crippen LogP contribution in [0.5, 0.6) is 11.5 Å². The number of nitro benzene ring substituents is 1. The van der Waals surface area contributed by atoms with Crippen molar-refractivity contribution in [3.63, 3.8) is 0 Å². The second-order valence-electron chi connectivity index (χ2n) is 3.53. The van der Waals surface area contributed by atoms with Crippen molar-refractivity contribution < 1.29 is 14.4 Å². The topological polar surface area (TPSA) is 61.6 Å². The number of nitrogens with zero attached hydrogens (tertiary/aromatic N) is 1. The lowest BCUT2D eigenvalue weighted by Gasteiger charge is -2.29. The van der Waals surface area contributed by atoms with E-state index < -0.39 is 4.92 Å². The molecule has 5 nitrogen and oxygen atoms in total. The molecule has 0 radical (unpaired) electrons. The number of nitro groups is 1. The van der Waals surface area contributed by atoms with Crippen LogP contribution in [0.3, 0.4) is 0 Å². The Morgan fingerprint density at radius 1 is 1.20 bits per heavy atom. The van der Waals surface area contributed by atoms with Gasteiger partial charge in [-0.2, -0.15) is 0 Å². The molecule has 0 aliphatic carbocycles. The van der Waals surface area contributed by atoms with Gasteiger partial charge in [0.15, 0.2) is 11.5 Å². The highest BCUT2D eigenvalue weighted by Crippen LogP contribution is 2.36. The highest BCUT2D eigenvalue weighted by molar-refractivity contribution is 5.49. The van der Waals surface area contributed by atoms with Crippen molar-refractivity contribution in [2.24, 2.45) is 0 Å². The molecular formula is C10H11NO4. The summed E-state index contributed by atoms with van der Waals surface area (Å²) >= 11 is 0. The van der Waals surface area contributed by atoms with Gasteiger partial charge in [0.25, 0.3) is 5.69 Å². The summed E-state index contributed by atoms with van der Waals surface area (Å²) in [5.74, 6) is 1.00. The Balaban J connectivity index is 2.37. The maximum atomic E-state index is 10.5. The summed E-state index contributed by atoms with van der Waals surface area (Å²) < 4.78 is 11.0. The third-order valence-electron chi connectivity index (χ3n) is 2.42. The van der Waals surface area contributed by atoms with Crippen molar-refractivity contribution in [3.8, 4) is 11.5 Å². The molecule has 1 aromatic rings. The van der Waals surface area contributed by atoms with Gasteiger partial charge in [0.2, 0.25) is 0 Å². The first-order valence-electron chi connectivity index (χ1n) is 4.69. The van der Waals surface area contributed by atoms with E-state index in [0.29, 0.717) is 11.5 Å². The quantitative estimate of drug-likeness (QED) is 0.525. The summed E-state index contributed by atoms with van der Waals surface area (Å²) in [6.07, 6.45) is -0.140. The molecule has 1 aliphatic heterocycles. The molecular weight excluding hydrogens is 198 g/mol. The van der Waals surface area contributed by atoms with E-state index in [4.69, 9.17) is 9.47 Å². The molecule has 0 saturated heterocycles. The predicted octanol–water partition coefficient (Wildman–Crippen LogP) is 2.14. The summed E-state index contributed by atoms with van der Waals surface area (Å²) in [6, 6.07) is 4.36. The van der Waals surface area contributed by atoms with Crippen molar-refractivity contribution in [2.75, 3.05) is 0 Å². The highest BCUT2D eigenvalue weighted by atomic mass is 16.6. The van der Waals surface area contributed by atoms with E-state index in [1.807, 2.05) is 13.8 Å². The van der Waals surface area contributed by atoms with Gasteiger partial charge in [-0.15, -0.1) is 0 Å². The molecule has 15 heavy (non-hydrogen) atoms. The lowest BCUT2D eigenvalue weighted by molar-refractivity contribution is -0.385. The molecule has 0 bridgehead atoms. The monoisotopic (exact) mass is 209 g/mol. The van der Waals surface area contributed by atoms with Gasteiger partial charge in [0, 0.05) is 6.07 Å². The Morgan fingerprint density at radius 3 is 2.40 bits per heavy atom. The Labute approximate surface area is 86.8 Å². The minimum absolute atomic E-state index is 0.0131. The van der Waals surface area contributed by atoms with Gasteiger partial charge in [0.05, 0.1) is 11.0 Å². The Hall–Kier alpha value is -1.78. The maximum absolute atomic E-state index is 10.5. The van der Waals surface area contributed by atoms with Gasteiger partial charge < -0.3 is 9.47 Å². The van der Waals surface area contributed by atoms with Crippen LogP contribution in [0.15, 0.2) is 18.2 Å². The van der Waals surface area contributed by atoms with Crippen molar-refractivity contribution in [2.45, 2.75) is 26.1 Å². The first kappa shape index (κ1) is 9.76. The minimum Gasteiger partial charge on any atom is -0.483 e. The minimum atomic E-state index is -0.452. The molecule has 0 N–H and O–H groups in total. The number of non-ortho nitro benzene ring substituents is 1. The zero-order chi connectivity index (χ0) is 11.0. The smallest absolute Gasteiger partial charge is 0.273 e. The van der Waals surface area contributed by atoms with Gasteiger partial charge in [-0.3, -0.25) is 10.1 Å². The zero-order valence-corrected chi connectivity index (χ0v) is 8.47. The Morgan fingerprint density at radius 2 is 1.80 bits per heavy atom. The maximum Gasteiger partial charge on any atom is 0.273 e. The van der Waals surface area contributed by atoms with Crippen LogP contribution in [0.4, 0.5) is 5.69 Å². The molecule has 80 valence electrons. The lowest BCUT2D eigenvalue weighted by Crippen LogP contribution is -2.34. The second-order valence-corrected chi connectivity index (χ2v) is 3.53. The number of rotatable bonds is 1. The number of benzene rings is 1. The van der Waals surface area contributed by atoms with Gasteiger partial charge in [0.1, 0.15) is 12.2 Å². The number of fused-ring (bicyclic) bond motifs is 1. The van der Waals surface area contributed by atoms with E-state index in [1.165, 1.54) is 12.1 Å². The molecule has 0 amide bonds. The van der Waals surface area contributed by atoms with Crippen molar-refractivity contribution in [1.29, 1.82) is 0 Å². The van der Waals surface area contributed by atoms with Crippen LogP contribution in [-0.4, -0.2) is 17.1 Å². The summed E-state index contributed by atoms with van der Waals surface area (Å²) in [6.45, 7) is 3.77. The van der Waals surface area contributed by atoms with Crippen molar-refractivity contribution in [3.05, 3.63) is 28.3 Å². The van der Waals surface area contributed by atoms with E-state index in [1.54, 1.807) is 6.07 Å². The number of hydrogen-bond donors (Lipinski definition) is 0. The zero-order valence-electron chi connectivity index (χ0n) is 8.47. The molecule has 1 heterocycles. The average molecular weight is 209 g/mol. The largest absolute Gasteiger partial charge is 0.483 e. The second kappa shape index (κ2) is 3.42. The van der Waals surface area contributed by atoms with Crippen molar-refractivity contribution in [1.82, 2.24) is 0 Å². The van der Waals surface area contributed by atoms with Crippen molar-refractivity contribution >= 4 is 5.69 Å². The van der Waals surface area contributed by atoms with E-state index in [-0.39, 0.29) is 17.9 Å². The van der Waals surface area contributed by atoms with Gasteiger partial charge >= 0.3 is 0 Å². The van der Waals surface area contributed by atoms with Crippen LogP contribution in [0.1, 0.15) is 13.8 Å². The normalized spacial score (nSPS) is 23.6. The van der Waals surface area contributed by atoms with Gasteiger partial charge in [-0.05, 0) is 19.9 Å². The fourth-order valence-corrected chi connectivity index (χ4v) is 1.39. The van der Waals surface area contributed by atoms with Gasteiger partial charge in [-0.1, -0.05) is 0 Å². The molecule has 2 unspecified atom stereocenters. The van der Waals surface area contributed by atoms with Crippen LogP contribution < -0.4 is 9.47 Å². The molecule has 5 heteroatoms. The van der Waals surface area contributed by atoms with Crippen LogP contribution >= 0.6 is 0 Å². The van der Waals surface area contributed by atoms with E-state index >= 15 is 0 Å². The van der Waals surface area contributed by atoms with E-state index in [9.17, 15) is 10.1 Å². The highest BCUT2D eigenvalue weighted by Gasteiger charge is 2.25. The summed E-state index contributed by atoms with van der Waals surface area (Å²) in [5.41, 5.74) is 0.0131. The lowest BCUT2D eigenvalue weighted by atomic mass is 10.2.